The van der Waals surface area contributed by atoms with Gasteiger partial charge in [-0.2, -0.15) is 0 Å². The molecule has 1 saturated heterocycles. The number of nitrogens with zero attached hydrogens (tertiary/aromatic N) is 1. The Morgan fingerprint density at radius 1 is 1.19 bits per heavy atom. The van der Waals surface area contributed by atoms with Crippen LogP contribution in [-0.2, 0) is 10.0 Å². The molecule has 3 N–H and O–H groups in total. The largest absolute Gasteiger partial charge is 0.338 e. The molecule has 3 rings (SSSR count). The van der Waals surface area contributed by atoms with E-state index in [0.717, 1.165) is 12.0 Å². The summed E-state index contributed by atoms with van der Waals surface area (Å²) in [6, 6.07) is 13.3. The van der Waals surface area contributed by atoms with Crippen LogP contribution >= 0.6 is 0 Å². The molecule has 6 nitrogen and oxygen atoms in total. The average Bonchev–Trinajstić information content (AvgIpc) is 3.05. The number of para-hydroxylation sites is 1. The van der Waals surface area contributed by atoms with Crippen LogP contribution in [0.2, 0.25) is 0 Å². The lowest BCUT2D eigenvalue weighted by atomic mass is 9.90. The van der Waals surface area contributed by atoms with Crippen LogP contribution in [0.3, 0.4) is 0 Å². The molecule has 0 saturated carbocycles. The van der Waals surface area contributed by atoms with Gasteiger partial charge in [-0.15, -0.1) is 0 Å². The molecule has 1 atom stereocenters. The first-order valence-corrected chi connectivity index (χ1v) is 10.4. The summed E-state index contributed by atoms with van der Waals surface area (Å²) >= 11 is 0. The number of rotatable bonds is 5. The molecule has 1 aliphatic heterocycles. The normalized spacial score (nSPS) is 19.9. The maximum absolute atomic E-state index is 13.0. The Kier molecular flexibility index (Phi) is 5.26. The Bertz CT molecular complexity index is 941. The number of hydrogen-bond acceptors (Lipinski definition) is 4. The number of carbonyl (C=O) groups is 1. The first-order chi connectivity index (χ1) is 12.7. The number of aryl methyl sites for hydroxylation is 1. The fraction of sp³-hybridized carbons (Fsp3) is 0.350. The minimum Gasteiger partial charge on any atom is -0.338 e. The molecule has 1 amide bonds. The Morgan fingerprint density at radius 3 is 2.48 bits per heavy atom. The Balaban J connectivity index is 1.86. The lowest BCUT2D eigenvalue weighted by molar-refractivity contribution is 0.0778. The molecule has 2 aromatic carbocycles. The Labute approximate surface area is 160 Å². The quantitative estimate of drug-likeness (QED) is 0.825. The zero-order chi connectivity index (χ0) is 19.7. The van der Waals surface area contributed by atoms with Crippen LogP contribution in [0.15, 0.2) is 53.4 Å². The highest BCUT2D eigenvalue weighted by molar-refractivity contribution is 7.92. The summed E-state index contributed by atoms with van der Waals surface area (Å²) in [5, 5.41) is 0. The fourth-order valence-corrected chi connectivity index (χ4v) is 4.29. The van der Waals surface area contributed by atoms with E-state index in [1.54, 1.807) is 53.4 Å². The number of amides is 1. The highest BCUT2D eigenvalue weighted by atomic mass is 32.2. The number of likely N-dealkylation sites (tertiary alicyclic amines) is 1. The summed E-state index contributed by atoms with van der Waals surface area (Å²) in [5.74, 6) is -0.186. The van der Waals surface area contributed by atoms with Crippen molar-refractivity contribution in [3.05, 3.63) is 59.7 Å². The number of nitrogens with two attached hydrogens (primary N) is 1. The van der Waals surface area contributed by atoms with Gasteiger partial charge in [0.15, 0.2) is 0 Å². The van der Waals surface area contributed by atoms with E-state index < -0.39 is 10.0 Å². The highest BCUT2D eigenvalue weighted by Gasteiger charge is 2.35. The van der Waals surface area contributed by atoms with Crippen molar-refractivity contribution in [1.82, 2.24) is 4.90 Å². The number of hydrogen-bond donors (Lipinski definition) is 2. The van der Waals surface area contributed by atoms with Gasteiger partial charge in [-0.1, -0.05) is 36.8 Å². The third-order valence-electron chi connectivity index (χ3n) is 5.07. The molecule has 1 aliphatic rings. The van der Waals surface area contributed by atoms with Crippen LogP contribution in [0.4, 0.5) is 5.69 Å². The molecule has 1 unspecified atom stereocenters. The van der Waals surface area contributed by atoms with Crippen molar-refractivity contribution in [2.45, 2.75) is 25.2 Å². The number of sulfonamides is 1. The summed E-state index contributed by atoms with van der Waals surface area (Å²) in [7, 11) is -3.78. The molecule has 144 valence electrons. The van der Waals surface area contributed by atoms with Crippen molar-refractivity contribution in [3.8, 4) is 0 Å². The SMILES string of the molecule is Cc1ccc(S(=O)(=O)Nc2ccccc2C(=O)N2CCC(C)(CN)C2)cc1. The summed E-state index contributed by atoms with van der Waals surface area (Å²) in [6.45, 7) is 5.65. The van der Waals surface area contributed by atoms with E-state index >= 15 is 0 Å². The second kappa shape index (κ2) is 7.32. The molecule has 0 bridgehead atoms. The van der Waals surface area contributed by atoms with Crippen LogP contribution in [0.25, 0.3) is 0 Å². The topological polar surface area (TPSA) is 92.5 Å². The van der Waals surface area contributed by atoms with Crippen molar-refractivity contribution in [2.24, 2.45) is 11.1 Å². The van der Waals surface area contributed by atoms with E-state index in [4.69, 9.17) is 5.73 Å². The molecule has 27 heavy (non-hydrogen) atoms. The molecule has 0 radical (unpaired) electrons. The lowest BCUT2D eigenvalue weighted by Crippen LogP contribution is -2.34. The fourth-order valence-electron chi connectivity index (χ4n) is 3.21. The predicted molar refractivity (Wildman–Crippen MR) is 106 cm³/mol. The highest BCUT2D eigenvalue weighted by Crippen LogP contribution is 2.31. The first-order valence-electron chi connectivity index (χ1n) is 8.92. The first kappa shape index (κ1) is 19.4. The molecule has 1 fully saturated rings. The molecule has 7 heteroatoms. The van der Waals surface area contributed by atoms with Crippen molar-refractivity contribution < 1.29 is 13.2 Å². The van der Waals surface area contributed by atoms with Gasteiger partial charge < -0.3 is 10.6 Å². The molecule has 0 aliphatic carbocycles. The number of benzene rings is 2. The maximum Gasteiger partial charge on any atom is 0.261 e. The van der Waals surface area contributed by atoms with Gasteiger partial charge in [0.05, 0.1) is 16.1 Å². The Hall–Kier alpha value is -2.38. The van der Waals surface area contributed by atoms with Crippen molar-refractivity contribution in [1.29, 1.82) is 0 Å². The number of anilines is 1. The van der Waals surface area contributed by atoms with E-state index in [0.29, 0.717) is 25.2 Å². The van der Waals surface area contributed by atoms with Crippen LogP contribution in [-0.4, -0.2) is 38.9 Å². The third-order valence-corrected chi connectivity index (χ3v) is 6.45. The third kappa shape index (κ3) is 4.14. The molecule has 1 heterocycles. The monoisotopic (exact) mass is 387 g/mol. The predicted octanol–water partition coefficient (Wildman–Crippen LogP) is 2.61. The number of nitrogens with one attached hydrogen (secondary N) is 1. The molecular weight excluding hydrogens is 362 g/mol. The molecular formula is C20H25N3O3S. The van der Waals surface area contributed by atoms with Crippen LogP contribution < -0.4 is 10.5 Å². The zero-order valence-electron chi connectivity index (χ0n) is 15.6. The van der Waals surface area contributed by atoms with Gasteiger partial charge in [0.25, 0.3) is 15.9 Å². The van der Waals surface area contributed by atoms with E-state index in [1.807, 2.05) is 6.92 Å². The van der Waals surface area contributed by atoms with Gasteiger partial charge >= 0.3 is 0 Å². The minimum atomic E-state index is -3.78. The van der Waals surface area contributed by atoms with Crippen molar-refractivity contribution in [2.75, 3.05) is 24.4 Å². The summed E-state index contributed by atoms with van der Waals surface area (Å²) in [4.78, 5) is 14.9. The second-order valence-electron chi connectivity index (χ2n) is 7.46. The van der Waals surface area contributed by atoms with Crippen LogP contribution in [0.1, 0.15) is 29.3 Å². The van der Waals surface area contributed by atoms with Gasteiger partial charge in [-0.25, -0.2) is 8.42 Å². The summed E-state index contributed by atoms with van der Waals surface area (Å²) < 4.78 is 28.0. The van der Waals surface area contributed by atoms with Gasteiger partial charge in [0.2, 0.25) is 0 Å². The van der Waals surface area contributed by atoms with E-state index in [9.17, 15) is 13.2 Å². The number of carbonyl (C=O) groups excluding carboxylic acids is 1. The van der Waals surface area contributed by atoms with E-state index in [-0.39, 0.29) is 21.9 Å². The summed E-state index contributed by atoms with van der Waals surface area (Å²) in [5.41, 5.74) is 7.33. The lowest BCUT2D eigenvalue weighted by Gasteiger charge is -2.23. The standard InChI is InChI=1S/C20H25N3O3S/c1-15-7-9-16(10-8-15)27(25,26)22-18-6-4-3-5-17(18)19(24)23-12-11-20(2,13-21)14-23/h3-10,22H,11-14,21H2,1-2H3. The Morgan fingerprint density at radius 2 is 1.85 bits per heavy atom. The van der Waals surface area contributed by atoms with Gasteiger partial charge in [0.1, 0.15) is 0 Å². The molecule has 0 aromatic heterocycles. The van der Waals surface area contributed by atoms with Gasteiger partial charge in [-0.3, -0.25) is 9.52 Å². The molecule has 0 spiro atoms. The average molecular weight is 388 g/mol. The van der Waals surface area contributed by atoms with E-state index in [2.05, 4.69) is 11.6 Å². The smallest absolute Gasteiger partial charge is 0.261 e. The van der Waals surface area contributed by atoms with E-state index in [1.165, 1.54) is 0 Å². The second-order valence-corrected chi connectivity index (χ2v) is 9.14. The maximum atomic E-state index is 13.0. The van der Waals surface area contributed by atoms with Gasteiger partial charge in [-0.05, 0) is 49.6 Å². The van der Waals surface area contributed by atoms with Crippen molar-refractivity contribution >= 4 is 21.6 Å². The van der Waals surface area contributed by atoms with Gasteiger partial charge in [0, 0.05) is 13.1 Å². The minimum absolute atomic E-state index is 0.0913. The van der Waals surface area contributed by atoms with Crippen LogP contribution in [0, 0.1) is 12.3 Å². The van der Waals surface area contributed by atoms with Crippen molar-refractivity contribution in [3.63, 3.8) is 0 Å². The summed E-state index contributed by atoms with van der Waals surface area (Å²) in [6.07, 6.45) is 0.840. The zero-order valence-corrected chi connectivity index (χ0v) is 16.4. The van der Waals surface area contributed by atoms with Crippen LogP contribution in [0.5, 0.6) is 0 Å². The molecule has 2 aromatic rings.